The first-order valence-electron chi connectivity index (χ1n) is 7.90. The highest BCUT2D eigenvalue weighted by Crippen LogP contribution is 2.37. The zero-order valence-electron chi connectivity index (χ0n) is 14.1. The molecule has 3 aromatic carbocycles. The van der Waals surface area contributed by atoms with Gasteiger partial charge in [0.05, 0.1) is 0 Å². The molecule has 0 aliphatic rings. The van der Waals surface area contributed by atoms with Crippen molar-refractivity contribution in [1.82, 2.24) is 0 Å². The molecule has 0 fully saturated rings. The molecule has 0 amide bonds. The van der Waals surface area contributed by atoms with Crippen molar-refractivity contribution in [2.24, 2.45) is 0 Å². The third kappa shape index (κ3) is 3.50. The van der Waals surface area contributed by atoms with Crippen LogP contribution >= 0.6 is 22.6 Å². The van der Waals surface area contributed by atoms with Crippen LogP contribution in [0.5, 0.6) is 0 Å². The van der Waals surface area contributed by atoms with E-state index in [4.69, 9.17) is 0 Å². The Kier molecular flexibility index (Phi) is 4.58. The molecule has 116 valence electrons. The molecule has 0 spiro atoms. The van der Waals surface area contributed by atoms with Gasteiger partial charge in [-0.1, -0.05) is 70.8 Å². The number of halogens is 1. The summed E-state index contributed by atoms with van der Waals surface area (Å²) in [5.41, 5.74) is 10.5. The van der Waals surface area contributed by atoms with E-state index >= 15 is 0 Å². The van der Waals surface area contributed by atoms with Crippen LogP contribution in [0.25, 0.3) is 22.3 Å². The topological polar surface area (TPSA) is 0 Å². The first-order chi connectivity index (χ1) is 10.9. The second kappa shape index (κ2) is 6.48. The van der Waals surface area contributed by atoms with Gasteiger partial charge in [0.2, 0.25) is 0 Å². The van der Waals surface area contributed by atoms with Crippen LogP contribution in [0.2, 0.25) is 0 Å². The Bertz CT molecular complexity index is 835. The van der Waals surface area contributed by atoms with Crippen LogP contribution < -0.4 is 0 Å². The van der Waals surface area contributed by atoms with Gasteiger partial charge in [-0.15, -0.1) is 0 Å². The molecule has 3 rings (SSSR count). The van der Waals surface area contributed by atoms with Crippen LogP contribution in [0.3, 0.4) is 0 Å². The Balaban J connectivity index is 2.29. The SMILES string of the molecule is Cc1cc(C)cc(-c2cccc(I)c2-c2cc(C)cc(C)c2)c1. The molecule has 0 aromatic heterocycles. The van der Waals surface area contributed by atoms with Gasteiger partial charge < -0.3 is 0 Å². The third-order valence-electron chi connectivity index (χ3n) is 4.06. The lowest BCUT2D eigenvalue weighted by Gasteiger charge is -2.15. The molecule has 0 atom stereocenters. The van der Waals surface area contributed by atoms with Crippen molar-refractivity contribution in [2.75, 3.05) is 0 Å². The van der Waals surface area contributed by atoms with E-state index in [0.717, 1.165) is 0 Å². The Labute approximate surface area is 152 Å². The summed E-state index contributed by atoms with van der Waals surface area (Å²) in [7, 11) is 0. The summed E-state index contributed by atoms with van der Waals surface area (Å²) in [6, 6.07) is 20.2. The highest BCUT2D eigenvalue weighted by molar-refractivity contribution is 14.1. The Morgan fingerprint density at radius 3 is 1.61 bits per heavy atom. The predicted molar refractivity (Wildman–Crippen MR) is 109 cm³/mol. The number of rotatable bonds is 2. The largest absolute Gasteiger partial charge is 0.0606 e. The van der Waals surface area contributed by atoms with Gasteiger partial charge >= 0.3 is 0 Å². The highest BCUT2D eigenvalue weighted by Gasteiger charge is 2.12. The van der Waals surface area contributed by atoms with E-state index in [2.05, 4.69) is 105 Å². The van der Waals surface area contributed by atoms with Gasteiger partial charge in [-0.2, -0.15) is 0 Å². The van der Waals surface area contributed by atoms with Crippen LogP contribution in [0.4, 0.5) is 0 Å². The zero-order chi connectivity index (χ0) is 16.6. The summed E-state index contributed by atoms with van der Waals surface area (Å²) in [5, 5.41) is 0. The maximum absolute atomic E-state index is 2.46. The molecule has 0 radical (unpaired) electrons. The van der Waals surface area contributed by atoms with Gasteiger partial charge in [-0.25, -0.2) is 0 Å². The van der Waals surface area contributed by atoms with Crippen LogP contribution in [-0.4, -0.2) is 0 Å². The average molecular weight is 412 g/mol. The average Bonchev–Trinajstić information content (AvgIpc) is 2.44. The first-order valence-corrected chi connectivity index (χ1v) is 8.98. The smallest absolute Gasteiger partial charge is 0.0215 e. The Morgan fingerprint density at radius 2 is 1.09 bits per heavy atom. The molecule has 0 saturated heterocycles. The van der Waals surface area contributed by atoms with Gasteiger partial charge in [0.15, 0.2) is 0 Å². The van der Waals surface area contributed by atoms with E-state index in [-0.39, 0.29) is 0 Å². The van der Waals surface area contributed by atoms with Crippen LogP contribution in [0.15, 0.2) is 54.6 Å². The summed E-state index contributed by atoms with van der Waals surface area (Å²) in [5.74, 6) is 0. The number of aryl methyl sites for hydroxylation is 4. The van der Waals surface area contributed by atoms with Gasteiger partial charge in [0, 0.05) is 9.13 Å². The Morgan fingerprint density at radius 1 is 0.609 bits per heavy atom. The third-order valence-corrected chi connectivity index (χ3v) is 4.96. The molecule has 3 aromatic rings. The summed E-state index contributed by atoms with van der Waals surface area (Å²) in [6.45, 7) is 8.67. The predicted octanol–water partition coefficient (Wildman–Crippen LogP) is 6.86. The standard InChI is InChI=1S/C22H21I/c1-14-8-15(2)11-18(10-14)20-6-5-7-21(23)22(20)19-12-16(3)9-17(4)13-19/h5-13H,1-4H3. The molecule has 0 heterocycles. The molecular formula is C22H21I. The molecule has 0 N–H and O–H groups in total. The first kappa shape index (κ1) is 16.3. The van der Waals surface area contributed by atoms with Crippen LogP contribution in [-0.2, 0) is 0 Å². The molecule has 1 heteroatoms. The van der Waals surface area contributed by atoms with Crippen molar-refractivity contribution in [3.63, 3.8) is 0 Å². The highest BCUT2D eigenvalue weighted by atomic mass is 127. The summed E-state index contributed by atoms with van der Waals surface area (Å²) in [6.07, 6.45) is 0. The van der Waals surface area contributed by atoms with E-state index in [0.29, 0.717) is 0 Å². The van der Waals surface area contributed by atoms with Crippen molar-refractivity contribution < 1.29 is 0 Å². The maximum atomic E-state index is 2.46. The maximum Gasteiger partial charge on any atom is 0.0215 e. The number of benzene rings is 3. The normalized spacial score (nSPS) is 10.8. The van der Waals surface area contributed by atoms with E-state index in [1.807, 2.05) is 0 Å². The van der Waals surface area contributed by atoms with Crippen molar-refractivity contribution >= 4 is 22.6 Å². The fraction of sp³-hybridized carbons (Fsp3) is 0.182. The van der Waals surface area contributed by atoms with Crippen molar-refractivity contribution in [2.45, 2.75) is 27.7 Å². The lowest BCUT2D eigenvalue weighted by atomic mass is 9.91. The number of hydrogen-bond donors (Lipinski definition) is 0. The van der Waals surface area contributed by atoms with E-state index in [9.17, 15) is 0 Å². The van der Waals surface area contributed by atoms with Crippen molar-refractivity contribution in [3.8, 4) is 22.3 Å². The molecule has 23 heavy (non-hydrogen) atoms. The summed E-state index contributed by atoms with van der Waals surface area (Å²) in [4.78, 5) is 0. The van der Waals surface area contributed by atoms with E-state index < -0.39 is 0 Å². The quantitative estimate of drug-likeness (QED) is 0.404. The molecule has 0 nitrogen and oxygen atoms in total. The lowest BCUT2D eigenvalue weighted by molar-refractivity contribution is 1.37. The minimum atomic E-state index is 1.30. The zero-order valence-corrected chi connectivity index (χ0v) is 16.2. The molecule has 0 bridgehead atoms. The molecule has 0 aliphatic heterocycles. The van der Waals surface area contributed by atoms with Crippen LogP contribution in [0.1, 0.15) is 22.3 Å². The molecule has 0 saturated carbocycles. The molecular weight excluding hydrogens is 391 g/mol. The lowest BCUT2D eigenvalue weighted by Crippen LogP contribution is -1.92. The fourth-order valence-corrected chi connectivity index (χ4v) is 4.12. The minimum Gasteiger partial charge on any atom is -0.0606 e. The second-order valence-electron chi connectivity index (χ2n) is 6.42. The summed E-state index contributed by atoms with van der Waals surface area (Å²) < 4.78 is 1.30. The molecule has 0 unspecified atom stereocenters. The molecule has 0 aliphatic carbocycles. The second-order valence-corrected chi connectivity index (χ2v) is 7.58. The van der Waals surface area contributed by atoms with Gasteiger partial charge in [0.25, 0.3) is 0 Å². The monoisotopic (exact) mass is 412 g/mol. The van der Waals surface area contributed by atoms with Gasteiger partial charge in [-0.05, 0) is 73.0 Å². The van der Waals surface area contributed by atoms with Crippen LogP contribution in [0, 0.1) is 31.3 Å². The van der Waals surface area contributed by atoms with Crippen molar-refractivity contribution in [1.29, 1.82) is 0 Å². The van der Waals surface area contributed by atoms with Gasteiger partial charge in [-0.3, -0.25) is 0 Å². The van der Waals surface area contributed by atoms with Gasteiger partial charge in [0.1, 0.15) is 0 Å². The summed E-state index contributed by atoms with van der Waals surface area (Å²) >= 11 is 2.46. The number of hydrogen-bond acceptors (Lipinski definition) is 0. The van der Waals surface area contributed by atoms with E-state index in [1.165, 1.54) is 48.1 Å². The van der Waals surface area contributed by atoms with Crippen molar-refractivity contribution in [3.05, 3.63) is 80.4 Å². The fourth-order valence-electron chi connectivity index (χ4n) is 3.31. The van der Waals surface area contributed by atoms with E-state index in [1.54, 1.807) is 0 Å². The minimum absolute atomic E-state index is 1.30. The Hall–Kier alpha value is -1.61.